The van der Waals surface area contributed by atoms with E-state index in [0.717, 1.165) is 0 Å². The molecule has 1 aliphatic rings. The van der Waals surface area contributed by atoms with Crippen LogP contribution in [-0.4, -0.2) is 35.2 Å². The van der Waals surface area contributed by atoms with Gasteiger partial charge in [-0.25, -0.2) is 9.59 Å². The lowest BCUT2D eigenvalue weighted by atomic mass is 10.0. The van der Waals surface area contributed by atoms with Gasteiger partial charge < -0.3 is 15.5 Å². The first-order valence-corrected chi connectivity index (χ1v) is 4.81. The molecular weight excluding hydrogens is 210 g/mol. The van der Waals surface area contributed by atoms with Gasteiger partial charge in [-0.05, 0) is 24.6 Å². The third kappa shape index (κ3) is 3.36. The van der Waals surface area contributed by atoms with E-state index in [1.165, 1.54) is 38.2 Å². The van der Waals surface area contributed by atoms with Crippen LogP contribution in [0.15, 0.2) is 18.2 Å². The summed E-state index contributed by atoms with van der Waals surface area (Å²) in [6.45, 7) is 3.98. The van der Waals surface area contributed by atoms with Gasteiger partial charge in [-0.15, -0.1) is 0 Å². The van der Waals surface area contributed by atoms with Gasteiger partial charge >= 0.3 is 11.9 Å². The summed E-state index contributed by atoms with van der Waals surface area (Å²) in [5.41, 5.74) is 0.335. The molecule has 0 saturated carbocycles. The highest BCUT2D eigenvalue weighted by molar-refractivity contribution is 5.96. The number of aromatic carboxylic acids is 2. The Balaban J connectivity index is 0.000000365. The van der Waals surface area contributed by atoms with Crippen LogP contribution in [-0.2, 0) is 0 Å². The maximum Gasteiger partial charge on any atom is 0.335 e. The second kappa shape index (κ2) is 5.27. The lowest BCUT2D eigenvalue weighted by molar-refractivity contribution is 0.0696. The molecule has 2 rings (SSSR count). The van der Waals surface area contributed by atoms with Crippen LogP contribution in [0.4, 0.5) is 0 Å². The molecule has 16 heavy (non-hydrogen) atoms. The minimum atomic E-state index is -1.11. The first-order valence-electron chi connectivity index (χ1n) is 4.81. The average molecular weight is 223 g/mol. The van der Waals surface area contributed by atoms with E-state index >= 15 is 0 Å². The van der Waals surface area contributed by atoms with E-state index in [4.69, 9.17) is 10.2 Å². The molecule has 0 bridgehead atoms. The second-order valence-electron chi connectivity index (χ2n) is 3.34. The van der Waals surface area contributed by atoms with E-state index in [2.05, 4.69) is 5.32 Å². The summed E-state index contributed by atoms with van der Waals surface area (Å²) >= 11 is 0. The first-order chi connectivity index (χ1) is 7.54. The van der Waals surface area contributed by atoms with E-state index in [9.17, 15) is 9.59 Å². The largest absolute Gasteiger partial charge is 0.478 e. The highest BCUT2D eigenvalue weighted by atomic mass is 16.4. The van der Waals surface area contributed by atoms with Crippen molar-refractivity contribution in [1.29, 1.82) is 0 Å². The topological polar surface area (TPSA) is 96.5 Å². The number of nitrogens with one attached hydrogen (secondary N) is 1. The van der Waals surface area contributed by atoms with Crippen molar-refractivity contribution < 1.29 is 19.8 Å². The second-order valence-corrected chi connectivity index (χ2v) is 3.34. The Kier molecular flexibility index (Phi) is 4.02. The van der Waals surface area contributed by atoms with Crippen LogP contribution in [0.25, 0.3) is 0 Å². The molecule has 86 valence electrons. The Morgan fingerprint density at radius 2 is 1.50 bits per heavy atom. The molecule has 0 amide bonds. The van der Waals surface area contributed by atoms with Crippen molar-refractivity contribution in [3.8, 4) is 0 Å². The van der Waals surface area contributed by atoms with E-state index in [-0.39, 0.29) is 16.7 Å². The number of carbonyl (C=O) groups is 2. The van der Waals surface area contributed by atoms with Gasteiger partial charge in [0.1, 0.15) is 0 Å². The number of rotatable bonds is 2. The summed E-state index contributed by atoms with van der Waals surface area (Å²) in [4.78, 5) is 21.2. The fourth-order valence-corrected chi connectivity index (χ4v) is 1.10. The van der Waals surface area contributed by atoms with Crippen LogP contribution >= 0.6 is 0 Å². The lowest BCUT2D eigenvalue weighted by Crippen LogP contribution is -2.06. The molecule has 0 atom stereocenters. The normalized spacial score (nSPS) is 12.3. The lowest BCUT2D eigenvalue weighted by Gasteiger charge is -2.03. The number of carboxylic acid groups (broad SMARTS) is 2. The summed E-state index contributed by atoms with van der Waals surface area (Å²) in [5.74, 6) is -2.22. The molecule has 0 unspecified atom stereocenters. The molecule has 1 aromatic rings. The first kappa shape index (κ1) is 12.2. The third-order valence-electron chi connectivity index (χ3n) is 2.04. The molecule has 1 aliphatic heterocycles. The molecule has 0 spiro atoms. The Labute approximate surface area is 92.7 Å². The van der Waals surface area contributed by atoms with Crippen molar-refractivity contribution in [1.82, 2.24) is 5.32 Å². The maximum atomic E-state index is 10.6. The van der Waals surface area contributed by atoms with E-state index in [0.29, 0.717) is 0 Å². The van der Waals surface area contributed by atoms with Gasteiger partial charge in [-0.2, -0.15) is 0 Å². The predicted molar refractivity (Wildman–Crippen MR) is 58.0 cm³/mol. The van der Waals surface area contributed by atoms with Gasteiger partial charge in [0.05, 0.1) is 11.1 Å². The van der Waals surface area contributed by atoms with Crippen molar-refractivity contribution in [2.24, 2.45) is 0 Å². The summed E-state index contributed by atoms with van der Waals surface area (Å²) in [7, 11) is 0. The van der Waals surface area contributed by atoms with Crippen LogP contribution < -0.4 is 5.32 Å². The Bertz CT molecular complexity index is 377. The number of hydrogen-bond acceptors (Lipinski definition) is 3. The third-order valence-corrected chi connectivity index (χ3v) is 2.04. The molecule has 3 N–H and O–H groups in total. The van der Waals surface area contributed by atoms with Crippen molar-refractivity contribution in [3.63, 3.8) is 0 Å². The minimum absolute atomic E-state index is 0.0277. The zero-order chi connectivity index (χ0) is 12.1. The fraction of sp³-hybridized carbons (Fsp3) is 0.273. The smallest absolute Gasteiger partial charge is 0.335 e. The van der Waals surface area contributed by atoms with Crippen molar-refractivity contribution in [3.05, 3.63) is 34.9 Å². The Hall–Kier alpha value is -1.88. The monoisotopic (exact) mass is 223 g/mol. The van der Waals surface area contributed by atoms with Gasteiger partial charge in [0, 0.05) is 13.1 Å². The van der Waals surface area contributed by atoms with Gasteiger partial charge in [-0.3, -0.25) is 0 Å². The van der Waals surface area contributed by atoms with Gasteiger partial charge in [0.25, 0.3) is 0 Å². The highest BCUT2D eigenvalue weighted by Crippen LogP contribution is 2.13. The van der Waals surface area contributed by atoms with Crippen molar-refractivity contribution in [2.75, 3.05) is 13.1 Å². The quantitative estimate of drug-likeness (QED) is 0.649. The Morgan fingerprint density at radius 3 is 1.75 bits per heavy atom. The van der Waals surface area contributed by atoms with Crippen molar-refractivity contribution in [2.45, 2.75) is 6.92 Å². The van der Waals surface area contributed by atoms with Gasteiger partial charge in [0.15, 0.2) is 0 Å². The molecule has 0 aromatic heterocycles. The predicted octanol–water partition coefficient (Wildman–Crippen LogP) is 0.981. The maximum absolute atomic E-state index is 10.6. The standard InChI is InChI=1S/C9H8O4.C2H5N/c1-5-6(8(10)11)3-2-4-7(5)9(12)13;1-2-3-1/h2-4H,1H3,(H,10,11)(H,12,13);3H,1-2H2. The average Bonchev–Trinajstić information content (AvgIpc) is 3.03. The molecule has 0 radical (unpaired) electrons. The van der Waals surface area contributed by atoms with Gasteiger partial charge in [-0.1, -0.05) is 6.07 Å². The molecule has 1 heterocycles. The minimum Gasteiger partial charge on any atom is -0.478 e. The SMILES string of the molecule is C1CN1.Cc1c(C(=O)O)cccc1C(=O)O. The molecule has 0 aliphatic carbocycles. The van der Waals surface area contributed by atoms with E-state index < -0.39 is 11.9 Å². The summed E-state index contributed by atoms with van der Waals surface area (Å²) in [6, 6.07) is 4.17. The molecule has 1 fully saturated rings. The molecule has 1 aromatic carbocycles. The van der Waals surface area contributed by atoms with E-state index in [1.807, 2.05) is 0 Å². The number of benzene rings is 1. The van der Waals surface area contributed by atoms with Crippen LogP contribution in [0, 0.1) is 6.92 Å². The van der Waals surface area contributed by atoms with Gasteiger partial charge in [0.2, 0.25) is 0 Å². The number of carboxylic acids is 2. The summed E-state index contributed by atoms with van der Waals surface area (Å²) < 4.78 is 0. The molecule has 5 heteroatoms. The molecular formula is C11H13NO4. The van der Waals surface area contributed by atoms with Crippen LogP contribution in [0.2, 0.25) is 0 Å². The van der Waals surface area contributed by atoms with E-state index in [1.54, 1.807) is 0 Å². The van der Waals surface area contributed by atoms with Crippen molar-refractivity contribution >= 4 is 11.9 Å². The fourth-order valence-electron chi connectivity index (χ4n) is 1.10. The molecule has 1 saturated heterocycles. The summed E-state index contributed by atoms with van der Waals surface area (Å²) in [6.07, 6.45) is 0. The number of hydrogen-bond donors (Lipinski definition) is 3. The van der Waals surface area contributed by atoms with Crippen LogP contribution in [0.1, 0.15) is 26.3 Å². The van der Waals surface area contributed by atoms with Crippen LogP contribution in [0.5, 0.6) is 0 Å². The Morgan fingerprint density at radius 1 is 1.12 bits per heavy atom. The highest BCUT2D eigenvalue weighted by Gasteiger charge is 2.13. The zero-order valence-electron chi connectivity index (χ0n) is 8.86. The van der Waals surface area contributed by atoms with Crippen LogP contribution in [0.3, 0.4) is 0 Å². The summed E-state index contributed by atoms with van der Waals surface area (Å²) in [5, 5.41) is 20.4. The zero-order valence-corrected chi connectivity index (χ0v) is 8.86. The molecule has 5 nitrogen and oxygen atoms in total.